The van der Waals surface area contributed by atoms with E-state index >= 15 is 4.39 Å². The molecule has 3 aromatic heterocycles. The summed E-state index contributed by atoms with van der Waals surface area (Å²) in [7, 11) is 2.04. The molecule has 5 aromatic rings. The van der Waals surface area contributed by atoms with Gasteiger partial charge in [0.2, 0.25) is 0 Å². The highest BCUT2D eigenvalue weighted by Crippen LogP contribution is 2.38. The van der Waals surface area contributed by atoms with Crippen molar-refractivity contribution in [3.63, 3.8) is 0 Å². The van der Waals surface area contributed by atoms with Crippen LogP contribution in [-0.2, 0) is 6.42 Å². The maximum atomic E-state index is 15.8. The summed E-state index contributed by atoms with van der Waals surface area (Å²) in [6, 6.07) is 8.84. The van der Waals surface area contributed by atoms with E-state index < -0.39 is 17.5 Å². The zero-order chi connectivity index (χ0) is 24.3. The number of nitrogens with two attached hydrogens (primary N) is 1. The summed E-state index contributed by atoms with van der Waals surface area (Å²) in [5.41, 5.74) is 8.94. The Balaban J connectivity index is 1.43. The summed E-state index contributed by atoms with van der Waals surface area (Å²) in [5, 5.41) is 1.61. The van der Waals surface area contributed by atoms with E-state index in [1.807, 2.05) is 23.9 Å². The molecule has 0 aliphatic carbocycles. The normalized spacial score (nSPS) is 14.6. The average Bonchev–Trinajstić information content (AvgIpc) is 3.17. The first-order chi connectivity index (χ1) is 16.9. The van der Waals surface area contributed by atoms with Gasteiger partial charge in [-0.25, -0.2) is 23.1 Å². The second-order valence-electron chi connectivity index (χ2n) is 9.06. The van der Waals surface area contributed by atoms with Crippen LogP contribution in [0.2, 0.25) is 0 Å². The molecule has 0 spiro atoms. The summed E-state index contributed by atoms with van der Waals surface area (Å²) in [6.07, 6.45) is 5.01. The first kappa shape index (κ1) is 21.5. The molecule has 6 rings (SSSR count). The lowest BCUT2D eigenvalue weighted by Gasteiger charge is -2.37. The molecule has 2 N–H and O–H groups in total. The Morgan fingerprint density at radius 2 is 1.74 bits per heavy atom. The molecule has 1 aliphatic heterocycles. The fraction of sp³-hybridized carbons (Fsp3) is 0.192. The first-order valence-corrected chi connectivity index (χ1v) is 11.2. The molecule has 1 aliphatic rings. The standard InChI is InChI=1S/C26H21F3N6/c1-34-10-19(11-34)35-12-22(23-25(30)32-13-33-26(23)35)20-3-2-15-7-18(31-9-21(15)24(20)29)6-14-4-16(27)8-17(28)5-14/h2-5,7-9,12-13,19H,6,10-11H2,1H3,(H2,30,32,33). The van der Waals surface area contributed by atoms with Gasteiger partial charge in [-0.2, -0.15) is 0 Å². The molecule has 0 bridgehead atoms. The van der Waals surface area contributed by atoms with E-state index in [4.69, 9.17) is 5.73 Å². The van der Waals surface area contributed by atoms with Crippen LogP contribution in [0.25, 0.3) is 32.9 Å². The molecule has 0 unspecified atom stereocenters. The van der Waals surface area contributed by atoms with Crippen LogP contribution < -0.4 is 5.73 Å². The Morgan fingerprint density at radius 3 is 2.49 bits per heavy atom. The zero-order valence-corrected chi connectivity index (χ0v) is 18.8. The number of fused-ring (bicyclic) bond motifs is 2. The third kappa shape index (κ3) is 3.68. The number of hydrogen-bond acceptors (Lipinski definition) is 5. The van der Waals surface area contributed by atoms with E-state index in [-0.39, 0.29) is 12.5 Å². The minimum absolute atomic E-state index is 0.227. The lowest BCUT2D eigenvalue weighted by molar-refractivity contribution is 0.143. The van der Waals surface area contributed by atoms with Gasteiger partial charge in [0.1, 0.15) is 35.2 Å². The molecule has 0 radical (unpaired) electrons. The molecule has 0 amide bonds. The number of anilines is 1. The molecule has 2 aromatic carbocycles. The summed E-state index contributed by atoms with van der Waals surface area (Å²) in [5.74, 6) is -1.42. The number of nitrogen functional groups attached to an aromatic ring is 1. The average molecular weight is 474 g/mol. The third-order valence-electron chi connectivity index (χ3n) is 6.57. The molecule has 9 heteroatoms. The maximum absolute atomic E-state index is 15.8. The van der Waals surface area contributed by atoms with Crippen molar-refractivity contribution in [2.45, 2.75) is 12.5 Å². The smallest absolute Gasteiger partial charge is 0.146 e. The topological polar surface area (TPSA) is 72.9 Å². The van der Waals surface area contributed by atoms with Gasteiger partial charge in [-0.15, -0.1) is 0 Å². The molecule has 0 saturated carbocycles. The predicted octanol–water partition coefficient (Wildman–Crippen LogP) is 4.72. The van der Waals surface area contributed by atoms with Gasteiger partial charge in [-0.1, -0.05) is 12.1 Å². The van der Waals surface area contributed by atoms with Crippen molar-refractivity contribution in [1.29, 1.82) is 0 Å². The summed E-state index contributed by atoms with van der Waals surface area (Å²) in [6.45, 7) is 1.74. The summed E-state index contributed by atoms with van der Waals surface area (Å²) >= 11 is 0. The Morgan fingerprint density at radius 1 is 0.971 bits per heavy atom. The van der Waals surface area contributed by atoms with Gasteiger partial charge in [0.05, 0.1) is 11.4 Å². The van der Waals surface area contributed by atoms with Gasteiger partial charge in [-0.05, 0) is 36.2 Å². The Kier molecular flexibility index (Phi) is 4.96. The second kappa shape index (κ2) is 8.06. The van der Waals surface area contributed by atoms with E-state index in [9.17, 15) is 8.78 Å². The molecule has 1 fully saturated rings. The summed E-state index contributed by atoms with van der Waals surface area (Å²) < 4.78 is 45.0. The van der Waals surface area contributed by atoms with Crippen molar-refractivity contribution in [3.8, 4) is 11.1 Å². The van der Waals surface area contributed by atoms with Crippen LogP contribution in [-0.4, -0.2) is 44.6 Å². The fourth-order valence-corrected chi connectivity index (χ4v) is 4.89. The number of likely N-dealkylation sites (N-methyl/N-ethyl adjacent to an activating group) is 1. The van der Waals surface area contributed by atoms with E-state index in [1.165, 1.54) is 24.7 Å². The van der Waals surface area contributed by atoms with Crippen molar-refractivity contribution < 1.29 is 13.2 Å². The van der Waals surface area contributed by atoms with Crippen molar-refractivity contribution in [3.05, 3.63) is 83.8 Å². The number of likely N-dealkylation sites (tertiary alicyclic amines) is 1. The molecule has 1 saturated heterocycles. The van der Waals surface area contributed by atoms with Gasteiger partial charge in [-0.3, -0.25) is 4.98 Å². The van der Waals surface area contributed by atoms with Crippen molar-refractivity contribution in [2.24, 2.45) is 0 Å². The predicted molar refractivity (Wildman–Crippen MR) is 128 cm³/mol. The Labute approximate surface area is 198 Å². The monoisotopic (exact) mass is 474 g/mol. The lowest BCUT2D eigenvalue weighted by Crippen LogP contribution is -2.44. The van der Waals surface area contributed by atoms with E-state index in [0.717, 1.165) is 19.2 Å². The number of hydrogen-bond donors (Lipinski definition) is 1. The van der Waals surface area contributed by atoms with Crippen LogP contribution >= 0.6 is 0 Å². The third-order valence-corrected chi connectivity index (χ3v) is 6.57. The number of halogens is 3. The van der Waals surface area contributed by atoms with Gasteiger partial charge < -0.3 is 15.2 Å². The van der Waals surface area contributed by atoms with Crippen LogP contribution in [0.15, 0.2) is 55.1 Å². The van der Waals surface area contributed by atoms with Gasteiger partial charge in [0.15, 0.2) is 0 Å². The quantitative estimate of drug-likeness (QED) is 0.408. The highest BCUT2D eigenvalue weighted by atomic mass is 19.1. The van der Waals surface area contributed by atoms with Crippen molar-refractivity contribution >= 4 is 27.6 Å². The molecular formula is C26H21F3N6. The zero-order valence-electron chi connectivity index (χ0n) is 18.8. The largest absolute Gasteiger partial charge is 0.383 e. The van der Waals surface area contributed by atoms with E-state index in [1.54, 1.807) is 12.1 Å². The molecule has 6 nitrogen and oxygen atoms in total. The second-order valence-corrected chi connectivity index (χ2v) is 9.06. The van der Waals surface area contributed by atoms with Crippen LogP contribution in [0.5, 0.6) is 0 Å². The van der Waals surface area contributed by atoms with E-state index in [2.05, 4.69) is 19.9 Å². The molecule has 0 atom stereocenters. The summed E-state index contributed by atoms with van der Waals surface area (Å²) in [4.78, 5) is 15.1. The molecule has 176 valence electrons. The fourth-order valence-electron chi connectivity index (χ4n) is 4.89. The first-order valence-electron chi connectivity index (χ1n) is 11.2. The van der Waals surface area contributed by atoms with Crippen LogP contribution in [0.1, 0.15) is 17.3 Å². The van der Waals surface area contributed by atoms with Gasteiger partial charge >= 0.3 is 0 Å². The molecular weight excluding hydrogens is 453 g/mol. The number of benzene rings is 2. The SMILES string of the molecule is CN1CC(n2cc(-c3ccc4cc(Cc5cc(F)cc(F)c5)ncc4c3F)c3c(N)ncnc32)C1. The Bertz CT molecular complexity index is 1590. The van der Waals surface area contributed by atoms with Gasteiger partial charge in [0, 0.05) is 60.2 Å². The number of aromatic nitrogens is 4. The van der Waals surface area contributed by atoms with Gasteiger partial charge in [0.25, 0.3) is 0 Å². The Hall–Kier alpha value is -3.98. The maximum Gasteiger partial charge on any atom is 0.146 e. The lowest BCUT2D eigenvalue weighted by atomic mass is 10.00. The number of nitrogens with zero attached hydrogens (tertiary/aromatic N) is 5. The molecule has 35 heavy (non-hydrogen) atoms. The van der Waals surface area contributed by atoms with Crippen LogP contribution in [0.3, 0.4) is 0 Å². The van der Waals surface area contributed by atoms with Crippen LogP contribution in [0.4, 0.5) is 19.0 Å². The highest BCUT2D eigenvalue weighted by molar-refractivity contribution is 6.02. The van der Waals surface area contributed by atoms with E-state index in [0.29, 0.717) is 50.0 Å². The van der Waals surface area contributed by atoms with Crippen molar-refractivity contribution in [1.82, 2.24) is 24.4 Å². The number of pyridine rings is 1. The number of rotatable bonds is 4. The minimum atomic E-state index is -0.646. The molecule has 4 heterocycles. The van der Waals surface area contributed by atoms with Crippen molar-refractivity contribution in [2.75, 3.05) is 25.9 Å². The van der Waals surface area contributed by atoms with Crippen LogP contribution in [0, 0.1) is 17.5 Å². The minimum Gasteiger partial charge on any atom is -0.383 e. The highest BCUT2D eigenvalue weighted by Gasteiger charge is 2.29.